The molecular weight excluding hydrogens is 392 g/mol. The van der Waals surface area contributed by atoms with Gasteiger partial charge in [0.1, 0.15) is 5.76 Å². The zero-order valence-electron chi connectivity index (χ0n) is 18.9. The molecule has 5 fully saturated rings. The molecule has 1 N–H and O–H groups in total. The third-order valence-electron chi connectivity index (χ3n) is 8.29. The molecule has 170 valence electrons. The van der Waals surface area contributed by atoms with Crippen LogP contribution >= 0.6 is 0 Å². The van der Waals surface area contributed by atoms with Crippen molar-refractivity contribution >= 4 is 11.9 Å². The molecule has 4 bridgehead atoms. The molecule has 6 rings (SSSR count). The molecule has 31 heavy (non-hydrogen) atoms. The number of urea groups is 1. The Morgan fingerprint density at radius 2 is 1.65 bits per heavy atom. The summed E-state index contributed by atoms with van der Waals surface area (Å²) in [5.74, 6) is 3.57. The zero-order valence-corrected chi connectivity index (χ0v) is 18.9. The van der Waals surface area contributed by atoms with E-state index >= 15 is 0 Å². The van der Waals surface area contributed by atoms with E-state index in [9.17, 15) is 9.59 Å². The van der Waals surface area contributed by atoms with Crippen LogP contribution in [-0.2, 0) is 4.79 Å². The zero-order chi connectivity index (χ0) is 21.6. The van der Waals surface area contributed by atoms with E-state index in [0.717, 1.165) is 42.8 Å². The molecule has 4 aliphatic carbocycles. The molecule has 0 aromatic carbocycles. The highest BCUT2D eigenvalue weighted by Gasteiger charge is 2.55. The maximum absolute atomic E-state index is 13.5. The summed E-state index contributed by atoms with van der Waals surface area (Å²) in [7, 11) is 3.96. The highest BCUT2D eigenvalue weighted by molar-refractivity contribution is 5.84. The minimum atomic E-state index is -0.0822. The average Bonchev–Trinajstić information content (AvgIpc) is 3.26. The molecule has 1 atom stereocenters. The lowest BCUT2D eigenvalue weighted by Crippen LogP contribution is -2.59. The van der Waals surface area contributed by atoms with Crippen molar-refractivity contribution < 1.29 is 14.0 Å². The highest BCUT2D eigenvalue weighted by Crippen LogP contribution is 2.60. The normalized spacial score (nSPS) is 33.1. The van der Waals surface area contributed by atoms with Crippen LogP contribution in [0.1, 0.15) is 50.3 Å². The minimum absolute atomic E-state index is 0.00194. The van der Waals surface area contributed by atoms with Gasteiger partial charge in [-0.3, -0.25) is 9.69 Å². The standard InChI is InChI=1S/C24H36N4O3/c1-26(2)20(21-4-3-9-31-21)16-25-23(30)28-7-5-27(6-8-28)22(29)24-13-17-10-18(14-24)12-19(11-17)15-24/h3-4,9,17-20H,5-8,10-16H2,1-2H3,(H,25,30). The summed E-state index contributed by atoms with van der Waals surface area (Å²) >= 11 is 0. The van der Waals surface area contributed by atoms with E-state index in [-0.39, 0.29) is 17.5 Å². The first-order valence-corrected chi connectivity index (χ1v) is 12.0. The van der Waals surface area contributed by atoms with Gasteiger partial charge in [0.15, 0.2) is 0 Å². The van der Waals surface area contributed by atoms with Crippen molar-refractivity contribution in [3.8, 4) is 0 Å². The molecule has 7 nitrogen and oxygen atoms in total. The van der Waals surface area contributed by atoms with E-state index in [4.69, 9.17) is 4.42 Å². The molecular formula is C24H36N4O3. The Labute approximate surface area is 185 Å². The maximum Gasteiger partial charge on any atom is 0.317 e. The van der Waals surface area contributed by atoms with Crippen molar-refractivity contribution in [3.63, 3.8) is 0 Å². The second-order valence-corrected chi connectivity index (χ2v) is 10.7. The number of rotatable bonds is 5. The lowest BCUT2D eigenvalue weighted by atomic mass is 9.49. The van der Waals surface area contributed by atoms with E-state index in [1.54, 1.807) is 6.26 Å². The summed E-state index contributed by atoms with van der Waals surface area (Å²) in [4.78, 5) is 32.2. The van der Waals surface area contributed by atoms with Gasteiger partial charge in [0.05, 0.1) is 17.7 Å². The Balaban J connectivity index is 1.14. The number of piperazine rings is 1. The Morgan fingerprint density at radius 3 is 2.16 bits per heavy atom. The van der Waals surface area contributed by atoms with Gasteiger partial charge >= 0.3 is 6.03 Å². The largest absolute Gasteiger partial charge is 0.468 e. The first kappa shape index (κ1) is 20.9. The van der Waals surface area contributed by atoms with Gasteiger partial charge in [-0.1, -0.05) is 0 Å². The SMILES string of the molecule is CN(C)C(CNC(=O)N1CCN(C(=O)C23CC4CC(CC(C4)C2)C3)CC1)c1ccco1. The Morgan fingerprint density at radius 1 is 1.06 bits per heavy atom. The Hall–Kier alpha value is -2.02. The van der Waals surface area contributed by atoms with Gasteiger partial charge in [-0.25, -0.2) is 4.79 Å². The highest BCUT2D eigenvalue weighted by atomic mass is 16.3. The van der Waals surface area contributed by atoms with E-state index in [2.05, 4.69) is 10.2 Å². The number of nitrogens with zero attached hydrogens (tertiary/aromatic N) is 3. The van der Waals surface area contributed by atoms with Crippen molar-refractivity contribution in [1.82, 2.24) is 20.0 Å². The summed E-state index contributed by atoms with van der Waals surface area (Å²) in [5.41, 5.74) is -0.0822. The minimum Gasteiger partial charge on any atom is -0.468 e. The molecule has 1 aromatic rings. The summed E-state index contributed by atoms with van der Waals surface area (Å²) in [5, 5.41) is 3.06. The molecule has 1 aliphatic heterocycles. The Kier molecular flexibility index (Phi) is 5.49. The van der Waals surface area contributed by atoms with Crippen LogP contribution in [0.5, 0.6) is 0 Å². The van der Waals surface area contributed by atoms with Crippen LogP contribution < -0.4 is 5.32 Å². The number of hydrogen-bond acceptors (Lipinski definition) is 4. The van der Waals surface area contributed by atoms with Gasteiger partial charge in [-0.05, 0) is 82.5 Å². The molecule has 4 saturated carbocycles. The lowest BCUT2D eigenvalue weighted by Gasteiger charge is -2.57. The third-order valence-corrected chi connectivity index (χ3v) is 8.29. The molecule has 1 saturated heterocycles. The molecule has 0 radical (unpaired) electrons. The molecule has 7 heteroatoms. The topological polar surface area (TPSA) is 69.0 Å². The van der Waals surface area contributed by atoms with Gasteiger partial charge < -0.3 is 19.5 Å². The summed E-state index contributed by atoms with van der Waals surface area (Å²) in [6.07, 6.45) is 9.05. The predicted molar refractivity (Wildman–Crippen MR) is 117 cm³/mol. The molecule has 3 amide bonds. The summed E-state index contributed by atoms with van der Waals surface area (Å²) in [6.45, 7) is 3.02. The number of amides is 3. The summed E-state index contributed by atoms with van der Waals surface area (Å²) in [6, 6.07) is 3.75. The van der Waals surface area contributed by atoms with Crippen LogP contribution in [0.15, 0.2) is 22.8 Å². The van der Waals surface area contributed by atoms with Crippen molar-refractivity contribution in [1.29, 1.82) is 0 Å². The smallest absolute Gasteiger partial charge is 0.317 e. The third kappa shape index (κ3) is 3.97. The lowest BCUT2D eigenvalue weighted by molar-refractivity contribution is -0.159. The fraction of sp³-hybridized carbons (Fsp3) is 0.750. The first-order valence-electron chi connectivity index (χ1n) is 12.0. The van der Waals surface area contributed by atoms with E-state index in [1.807, 2.05) is 36.0 Å². The predicted octanol–water partition coefficient (Wildman–Crippen LogP) is 2.95. The van der Waals surface area contributed by atoms with Crippen LogP contribution in [0.3, 0.4) is 0 Å². The van der Waals surface area contributed by atoms with E-state index in [0.29, 0.717) is 38.6 Å². The van der Waals surface area contributed by atoms with Crippen LogP contribution in [0, 0.1) is 23.2 Å². The maximum atomic E-state index is 13.5. The number of nitrogens with one attached hydrogen (secondary N) is 1. The number of carbonyl (C=O) groups is 2. The first-order chi connectivity index (χ1) is 14.9. The van der Waals surface area contributed by atoms with Gasteiger partial charge in [0.25, 0.3) is 0 Å². The quantitative estimate of drug-likeness (QED) is 0.783. The van der Waals surface area contributed by atoms with Crippen molar-refractivity contribution in [3.05, 3.63) is 24.2 Å². The fourth-order valence-electron chi connectivity index (χ4n) is 7.13. The Bertz CT molecular complexity index is 762. The van der Waals surface area contributed by atoms with E-state index < -0.39 is 0 Å². The second-order valence-electron chi connectivity index (χ2n) is 10.7. The van der Waals surface area contributed by atoms with Crippen molar-refractivity contribution in [2.75, 3.05) is 46.8 Å². The van der Waals surface area contributed by atoms with Gasteiger partial charge in [0, 0.05) is 32.7 Å². The van der Waals surface area contributed by atoms with Crippen molar-refractivity contribution in [2.45, 2.75) is 44.6 Å². The summed E-state index contributed by atoms with van der Waals surface area (Å²) < 4.78 is 5.52. The van der Waals surface area contributed by atoms with Crippen LogP contribution in [0.2, 0.25) is 0 Å². The van der Waals surface area contributed by atoms with E-state index in [1.165, 1.54) is 19.3 Å². The van der Waals surface area contributed by atoms with Gasteiger partial charge in [-0.15, -0.1) is 0 Å². The molecule has 1 unspecified atom stereocenters. The monoisotopic (exact) mass is 428 g/mol. The van der Waals surface area contributed by atoms with Crippen molar-refractivity contribution in [2.24, 2.45) is 23.2 Å². The van der Waals surface area contributed by atoms with Gasteiger partial charge in [0.2, 0.25) is 5.91 Å². The van der Waals surface area contributed by atoms with Crippen LogP contribution in [-0.4, -0.2) is 73.5 Å². The number of furan rings is 1. The number of likely N-dealkylation sites (N-methyl/N-ethyl adjacent to an activating group) is 1. The average molecular weight is 429 g/mol. The van der Waals surface area contributed by atoms with Crippen LogP contribution in [0.4, 0.5) is 4.79 Å². The second kappa shape index (κ2) is 8.15. The molecule has 0 spiro atoms. The van der Waals surface area contributed by atoms with Gasteiger partial charge in [-0.2, -0.15) is 0 Å². The molecule has 2 heterocycles. The molecule has 1 aromatic heterocycles. The number of carbonyl (C=O) groups excluding carboxylic acids is 2. The number of hydrogen-bond donors (Lipinski definition) is 1. The molecule has 5 aliphatic rings. The fourth-order valence-corrected chi connectivity index (χ4v) is 7.13. The van der Waals surface area contributed by atoms with Crippen LogP contribution in [0.25, 0.3) is 0 Å².